The monoisotopic (exact) mass is 188 g/mol. The van der Waals surface area contributed by atoms with Crippen LogP contribution in [0.25, 0.3) is 22.7 Å². The Morgan fingerprint density at radius 2 is 2.21 bits per heavy atom. The molecule has 0 fully saturated rings. The number of nitrogens with one attached hydrogen (secondary N) is 3. The summed E-state index contributed by atoms with van der Waals surface area (Å²) in [5, 5.41) is 6.52. The molecule has 0 saturated heterocycles. The minimum atomic E-state index is 0.619. The van der Waals surface area contributed by atoms with Crippen molar-refractivity contribution in [2.45, 2.75) is 0 Å². The first-order chi connectivity index (χ1) is 6.95. The predicted octanol–water partition coefficient (Wildman–Crippen LogP) is -0.443. The topological polar surface area (TPSA) is 97.3 Å². The first-order valence-corrected chi connectivity index (χ1v) is 4.00. The molecule has 0 unspecified atom stereocenters. The van der Waals surface area contributed by atoms with Crippen LogP contribution < -0.4 is 4.98 Å². The lowest BCUT2D eigenvalue weighted by Crippen LogP contribution is -2.05. The summed E-state index contributed by atoms with van der Waals surface area (Å²) in [5.74, 6) is 0.619. The summed E-state index contributed by atoms with van der Waals surface area (Å²) < 4.78 is 0. The van der Waals surface area contributed by atoms with Gasteiger partial charge in [0.05, 0.1) is 0 Å². The van der Waals surface area contributed by atoms with E-state index in [0.29, 0.717) is 11.5 Å². The van der Waals surface area contributed by atoms with Crippen molar-refractivity contribution in [3.8, 4) is 11.5 Å². The lowest BCUT2D eigenvalue weighted by molar-refractivity contribution is -0.352. The lowest BCUT2D eigenvalue weighted by atomic mass is 10.3. The average Bonchev–Trinajstić information content (AvgIpc) is 2.88. The number of aromatic nitrogens is 7. The number of rotatable bonds is 1. The van der Waals surface area contributed by atoms with Gasteiger partial charge < -0.3 is 4.98 Å². The van der Waals surface area contributed by atoms with Crippen LogP contribution >= 0.6 is 0 Å². The molecule has 0 amide bonds. The van der Waals surface area contributed by atoms with E-state index in [2.05, 4.69) is 35.1 Å². The Hall–Kier alpha value is -2.31. The van der Waals surface area contributed by atoms with Crippen molar-refractivity contribution in [2.75, 3.05) is 0 Å². The Morgan fingerprint density at radius 1 is 1.21 bits per heavy atom. The highest BCUT2D eigenvalue weighted by Gasteiger charge is 2.15. The Morgan fingerprint density at radius 3 is 3.07 bits per heavy atom. The third-order valence-corrected chi connectivity index (χ3v) is 1.91. The van der Waals surface area contributed by atoms with E-state index in [1.165, 1.54) is 6.33 Å². The normalized spacial score (nSPS) is 10.9. The zero-order valence-electron chi connectivity index (χ0n) is 7.02. The molecule has 3 N–H and O–H groups in total. The maximum absolute atomic E-state index is 4.16. The quantitative estimate of drug-likeness (QED) is 0.540. The Kier molecular flexibility index (Phi) is 1.32. The maximum atomic E-state index is 4.16. The van der Waals surface area contributed by atoms with Crippen LogP contribution in [-0.4, -0.2) is 30.1 Å². The number of fused-ring (bicyclic) bond motifs is 1. The van der Waals surface area contributed by atoms with E-state index in [1.54, 1.807) is 12.7 Å². The van der Waals surface area contributed by atoms with E-state index < -0.39 is 0 Å². The number of nitrogens with zero attached hydrogens (tertiary/aromatic N) is 4. The summed E-state index contributed by atoms with van der Waals surface area (Å²) in [6, 6.07) is 0. The SMILES string of the molecule is c1n[nH]c(-c2nc[nH+]c3nc[nH]c23)n1. The van der Waals surface area contributed by atoms with Crippen molar-refractivity contribution in [1.82, 2.24) is 30.1 Å². The number of hydrogen-bond acceptors (Lipinski definition) is 4. The van der Waals surface area contributed by atoms with E-state index in [4.69, 9.17) is 0 Å². The fourth-order valence-electron chi connectivity index (χ4n) is 1.31. The van der Waals surface area contributed by atoms with Crippen molar-refractivity contribution in [1.29, 1.82) is 0 Å². The molecule has 0 atom stereocenters. The van der Waals surface area contributed by atoms with Gasteiger partial charge in [-0.2, -0.15) is 5.10 Å². The maximum Gasteiger partial charge on any atom is 0.289 e. The van der Waals surface area contributed by atoms with E-state index in [9.17, 15) is 0 Å². The van der Waals surface area contributed by atoms with Gasteiger partial charge in [0.2, 0.25) is 12.0 Å². The smallest absolute Gasteiger partial charge is 0.289 e. The van der Waals surface area contributed by atoms with Crippen LogP contribution in [0.4, 0.5) is 0 Å². The van der Waals surface area contributed by atoms with Gasteiger partial charge in [-0.25, -0.2) is 9.97 Å². The second-order valence-electron chi connectivity index (χ2n) is 2.71. The minimum Gasteiger partial charge on any atom is -0.324 e. The Bertz CT molecular complexity index is 552. The van der Waals surface area contributed by atoms with Crippen molar-refractivity contribution < 1.29 is 4.98 Å². The van der Waals surface area contributed by atoms with Gasteiger partial charge >= 0.3 is 0 Å². The van der Waals surface area contributed by atoms with Crippen LogP contribution in [0.2, 0.25) is 0 Å². The van der Waals surface area contributed by atoms with E-state index in [-0.39, 0.29) is 0 Å². The number of hydrogen-bond donors (Lipinski definition) is 2. The molecule has 0 aliphatic heterocycles. The van der Waals surface area contributed by atoms with Crippen molar-refractivity contribution in [3.63, 3.8) is 0 Å². The van der Waals surface area contributed by atoms with Gasteiger partial charge in [-0.15, -0.1) is 4.98 Å². The number of aromatic amines is 3. The second kappa shape index (κ2) is 2.59. The van der Waals surface area contributed by atoms with Crippen LogP contribution in [0.3, 0.4) is 0 Å². The molecule has 68 valence electrons. The Labute approximate surface area is 77.7 Å². The summed E-state index contributed by atoms with van der Waals surface area (Å²) in [7, 11) is 0. The summed E-state index contributed by atoms with van der Waals surface area (Å²) in [6.07, 6.45) is 4.61. The molecule has 14 heavy (non-hydrogen) atoms. The van der Waals surface area contributed by atoms with E-state index >= 15 is 0 Å². The summed E-state index contributed by atoms with van der Waals surface area (Å²) in [6.45, 7) is 0. The van der Waals surface area contributed by atoms with Crippen molar-refractivity contribution in [3.05, 3.63) is 19.0 Å². The predicted molar refractivity (Wildman–Crippen MR) is 45.8 cm³/mol. The fraction of sp³-hybridized carbons (Fsp3) is 0. The molecule has 0 radical (unpaired) electrons. The molecule has 0 spiro atoms. The number of H-pyrrole nitrogens is 3. The standard InChI is InChI=1S/C7H5N7/c1-8-4-5(7-12-3-13-14-7)9-2-11-6(4)10-1/h1-3H,(H,12,13,14)(H,8,9,10,11)/p+1. The first kappa shape index (κ1) is 7.13. The molecule has 0 saturated carbocycles. The van der Waals surface area contributed by atoms with Gasteiger partial charge in [0, 0.05) is 0 Å². The molecule has 7 nitrogen and oxygen atoms in total. The van der Waals surface area contributed by atoms with Crippen molar-refractivity contribution in [2.24, 2.45) is 0 Å². The Balaban J connectivity index is 2.36. The third-order valence-electron chi connectivity index (χ3n) is 1.91. The summed E-state index contributed by atoms with van der Waals surface area (Å²) in [4.78, 5) is 18.2. The van der Waals surface area contributed by atoms with Gasteiger partial charge in [-0.1, -0.05) is 4.98 Å². The van der Waals surface area contributed by atoms with Crippen LogP contribution in [-0.2, 0) is 0 Å². The summed E-state index contributed by atoms with van der Waals surface area (Å²) in [5.41, 5.74) is 2.25. The van der Waals surface area contributed by atoms with Crippen LogP contribution in [0.5, 0.6) is 0 Å². The van der Waals surface area contributed by atoms with Crippen molar-refractivity contribution >= 4 is 11.2 Å². The molecule has 3 heterocycles. The van der Waals surface area contributed by atoms with Gasteiger partial charge in [0.15, 0.2) is 17.7 Å². The highest BCUT2D eigenvalue weighted by atomic mass is 15.2. The van der Waals surface area contributed by atoms with E-state index in [0.717, 1.165) is 11.2 Å². The molecule has 3 aromatic heterocycles. The molecule has 0 aliphatic carbocycles. The third kappa shape index (κ3) is 0.889. The molecule has 0 aliphatic rings. The van der Waals surface area contributed by atoms with Crippen LogP contribution in [0.1, 0.15) is 0 Å². The van der Waals surface area contributed by atoms with Gasteiger partial charge in [-0.3, -0.25) is 5.10 Å². The molecule has 3 aromatic rings. The van der Waals surface area contributed by atoms with Crippen LogP contribution in [0.15, 0.2) is 19.0 Å². The average molecular weight is 188 g/mol. The van der Waals surface area contributed by atoms with Gasteiger partial charge in [0.25, 0.3) is 5.65 Å². The number of imidazole rings is 1. The summed E-state index contributed by atoms with van der Waals surface area (Å²) >= 11 is 0. The molecule has 7 heteroatoms. The second-order valence-corrected chi connectivity index (χ2v) is 2.71. The fourth-order valence-corrected chi connectivity index (χ4v) is 1.31. The molecular weight excluding hydrogens is 182 g/mol. The van der Waals surface area contributed by atoms with E-state index in [1.807, 2.05) is 0 Å². The minimum absolute atomic E-state index is 0.619. The molecular formula is C7H6N7+. The van der Waals surface area contributed by atoms with Crippen LogP contribution in [0, 0.1) is 0 Å². The lowest BCUT2D eigenvalue weighted by Gasteiger charge is -1.89. The highest BCUT2D eigenvalue weighted by Crippen LogP contribution is 2.16. The molecule has 0 bridgehead atoms. The molecule has 0 aromatic carbocycles. The molecule has 3 rings (SSSR count). The van der Waals surface area contributed by atoms with Gasteiger partial charge in [-0.05, 0) is 0 Å². The highest BCUT2D eigenvalue weighted by molar-refractivity contribution is 5.81. The first-order valence-electron chi connectivity index (χ1n) is 4.00. The van der Waals surface area contributed by atoms with Gasteiger partial charge in [0.1, 0.15) is 6.33 Å². The zero-order chi connectivity index (χ0) is 9.38. The zero-order valence-corrected chi connectivity index (χ0v) is 7.02. The largest absolute Gasteiger partial charge is 0.324 e.